The molecule has 4 rings (SSSR count). The summed E-state index contributed by atoms with van der Waals surface area (Å²) in [4.78, 5) is 40.8. The van der Waals surface area contributed by atoms with Gasteiger partial charge in [-0.2, -0.15) is 0 Å². The summed E-state index contributed by atoms with van der Waals surface area (Å²) < 4.78 is 16.6. The maximum Gasteiger partial charge on any atom is 0.417 e. The smallest absolute Gasteiger partial charge is 0.417 e. The molecule has 0 N–H and O–H groups in total. The van der Waals surface area contributed by atoms with Crippen LogP contribution < -0.4 is 4.74 Å². The Balaban J connectivity index is 1.62. The minimum atomic E-state index is -1.41. The van der Waals surface area contributed by atoms with Gasteiger partial charge in [0.25, 0.3) is 5.91 Å². The molecule has 2 atom stereocenters. The molecule has 2 amide bonds. The largest absolute Gasteiger partial charge is 0.496 e. The zero-order valence-corrected chi connectivity index (χ0v) is 19.0. The van der Waals surface area contributed by atoms with Gasteiger partial charge in [0.05, 0.1) is 19.3 Å². The van der Waals surface area contributed by atoms with Crippen molar-refractivity contribution in [1.82, 2.24) is 4.90 Å². The van der Waals surface area contributed by atoms with Crippen LogP contribution in [0.2, 0.25) is 0 Å². The average molecular weight is 452 g/mol. The number of amides is 2. The van der Waals surface area contributed by atoms with E-state index < -0.39 is 29.9 Å². The fraction of sp³-hybridized carbons (Fsp3) is 0.423. The molecule has 0 aromatic heterocycles. The molecule has 2 aromatic carbocycles. The first kappa shape index (κ1) is 23.0. The molecule has 1 saturated carbocycles. The van der Waals surface area contributed by atoms with Crippen LogP contribution in [-0.4, -0.2) is 54.7 Å². The Labute approximate surface area is 193 Å². The summed E-state index contributed by atoms with van der Waals surface area (Å²) >= 11 is 0. The first-order valence-corrected chi connectivity index (χ1v) is 11.4. The maximum atomic E-state index is 13.6. The summed E-state index contributed by atoms with van der Waals surface area (Å²) in [5.74, 6) is -0.603. The van der Waals surface area contributed by atoms with Gasteiger partial charge in [0.1, 0.15) is 12.4 Å². The fourth-order valence-corrected chi connectivity index (χ4v) is 4.47. The first-order valence-electron chi connectivity index (χ1n) is 11.4. The highest BCUT2D eigenvalue weighted by molar-refractivity contribution is 6.15. The van der Waals surface area contributed by atoms with Crippen molar-refractivity contribution in [3.8, 4) is 5.75 Å². The van der Waals surface area contributed by atoms with E-state index in [9.17, 15) is 14.4 Å². The number of methoxy groups -OCH3 is 1. The van der Waals surface area contributed by atoms with Gasteiger partial charge < -0.3 is 14.2 Å². The van der Waals surface area contributed by atoms with Crippen molar-refractivity contribution in [3.05, 3.63) is 65.2 Å². The fourth-order valence-electron chi connectivity index (χ4n) is 4.47. The summed E-state index contributed by atoms with van der Waals surface area (Å²) in [5.41, 5.74) is 2.15. The minimum Gasteiger partial charge on any atom is -0.496 e. The van der Waals surface area contributed by atoms with Crippen LogP contribution in [0.5, 0.6) is 5.75 Å². The lowest BCUT2D eigenvalue weighted by Crippen LogP contribution is -2.50. The number of ketones is 1. The lowest BCUT2D eigenvalue weighted by atomic mass is 10.0. The Kier molecular flexibility index (Phi) is 7.08. The molecule has 33 heavy (non-hydrogen) atoms. The Morgan fingerprint density at radius 2 is 1.85 bits per heavy atom. The van der Waals surface area contributed by atoms with E-state index >= 15 is 0 Å². The van der Waals surface area contributed by atoms with Gasteiger partial charge in [-0.3, -0.25) is 9.59 Å². The SMILES string of the molecule is COc1cc(C(=O)[C@@H](OC2CCCC2)C(=O)N2C(=O)OC[C@H]2Cc2ccccc2)ccc1C. The number of imide groups is 1. The second-order valence-corrected chi connectivity index (χ2v) is 8.60. The highest BCUT2D eigenvalue weighted by Crippen LogP contribution is 2.27. The van der Waals surface area contributed by atoms with Crippen molar-refractivity contribution >= 4 is 17.8 Å². The van der Waals surface area contributed by atoms with Crippen molar-refractivity contribution < 1.29 is 28.6 Å². The molecule has 7 heteroatoms. The van der Waals surface area contributed by atoms with Crippen molar-refractivity contribution in [2.45, 2.75) is 57.3 Å². The Morgan fingerprint density at radius 1 is 1.12 bits per heavy atom. The normalized spacial score (nSPS) is 19.4. The predicted octanol–water partition coefficient (Wildman–Crippen LogP) is 4.10. The van der Waals surface area contributed by atoms with Gasteiger partial charge in [-0.25, -0.2) is 9.69 Å². The van der Waals surface area contributed by atoms with E-state index in [4.69, 9.17) is 14.2 Å². The van der Waals surface area contributed by atoms with Crippen LogP contribution in [0.1, 0.15) is 47.2 Å². The van der Waals surface area contributed by atoms with Crippen LogP contribution >= 0.6 is 0 Å². The highest BCUT2D eigenvalue weighted by atomic mass is 16.6. The molecule has 7 nitrogen and oxygen atoms in total. The quantitative estimate of drug-likeness (QED) is 0.444. The zero-order chi connectivity index (χ0) is 23.4. The first-order chi connectivity index (χ1) is 16.0. The minimum absolute atomic E-state index is 0.0855. The highest BCUT2D eigenvalue weighted by Gasteiger charge is 2.44. The third-order valence-corrected chi connectivity index (χ3v) is 6.30. The number of carbonyl (C=O) groups excluding carboxylic acids is 3. The van der Waals surface area contributed by atoms with Gasteiger partial charge in [-0.05, 0) is 43.4 Å². The lowest BCUT2D eigenvalue weighted by Gasteiger charge is -2.26. The van der Waals surface area contributed by atoms with Crippen molar-refractivity contribution in [2.24, 2.45) is 0 Å². The van der Waals surface area contributed by atoms with Crippen molar-refractivity contribution in [1.29, 1.82) is 0 Å². The molecular formula is C26H29NO6. The standard InChI is InChI=1S/C26H29NO6/c1-17-12-13-19(15-22(17)31-2)23(28)24(33-21-10-6-7-11-21)25(29)27-20(16-32-26(27)30)14-18-8-4-3-5-9-18/h3-5,8-9,12-13,15,20-21,24H,6-7,10-11,14,16H2,1-2H3/t20-,24-/m1/s1. The van der Waals surface area contributed by atoms with Gasteiger partial charge in [0, 0.05) is 5.56 Å². The number of hydrogen-bond acceptors (Lipinski definition) is 6. The summed E-state index contributed by atoms with van der Waals surface area (Å²) in [6.45, 7) is 1.96. The van der Waals surface area contributed by atoms with E-state index in [0.29, 0.717) is 17.7 Å². The average Bonchev–Trinajstić information content (AvgIpc) is 3.47. The number of benzene rings is 2. The van der Waals surface area contributed by atoms with Gasteiger partial charge in [-0.15, -0.1) is 0 Å². The van der Waals surface area contributed by atoms with E-state index in [1.165, 1.54) is 7.11 Å². The predicted molar refractivity (Wildman–Crippen MR) is 121 cm³/mol. The van der Waals surface area contributed by atoms with E-state index in [1.807, 2.05) is 37.3 Å². The second-order valence-electron chi connectivity index (χ2n) is 8.60. The monoisotopic (exact) mass is 451 g/mol. The molecule has 0 radical (unpaired) electrons. The van der Waals surface area contributed by atoms with Gasteiger partial charge in [-0.1, -0.05) is 55.3 Å². The number of nitrogens with zero attached hydrogens (tertiary/aromatic N) is 1. The molecular weight excluding hydrogens is 422 g/mol. The van der Waals surface area contributed by atoms with Crippen LogP contribution in [0.4, 0.5) is 4.79 Å². The van der Waals surface area contributed by atoms with Crippen LogP contribution in [0.3, 0.4) is 0 Å². The van der Waals surface area contributed by atoms with Crippen LogP contribution in [0, 0.1) is 6.92 Å². The Bertz CT molecular complexity index is 1010. The Hall–Kier alpha value is -3.19. The van der Waals surface area contributed by atoms with Crippen molar-refractivity contribution in [3.63, 3.8) is 0 Å². The molecule has 1 aliphatic heterocycles. The van der Waals surface area contributed by atoms with Crippen LogP contribution in [0.25, 0.3) is 0 Å². The maximum absolute atomic E-state index is 13.6. The molecule has 0 spiro atoms. The summed E-state index contributed by atoms with van der Waals surface area (Å²) in [6.07, 6.45) is 1.64. The summed E-state index contributed by atoms with van der Waals surface area (Å²) in [7, 11) is 1.53. The van der Waals surface area contributed by atoms with E-state index in [2.05, 4.69) is 0 Å². The number of hydrogen-bond donors (Lipinski definition) is 0. The molecule has 1 aliphatic carbocycles. The van der Waals surface area contributed by atoms with Gasteiger partial charge in [0.2, 0.25) is 5.78 Å². The van der Waals surface area contributed by atoms with Crippen LogP contribution in [0.15, 0.2) is 48.5 Å². The molecule has 1 heterocycles. The third-order valence-electron chi connectivity index (χ3n) is 6.30. The number of ether oxygens (including phenoxy) is 3. The van der Waals surface area contributed by atoms with Crippen LogP contribution in [-0.2, 0) is 20.7 Å². The molecule has 2 aromatic rings. The van der Waals surface area contributed by atoms with E-state index in [0.717, 1.165) is 41.7 Å². The van der Waals surface area contributed by atoms with Gasteiger partial charge >= 0.3 is 6.09 Å². The summed E-state index contributed by atoms with van der Waals surface area (Å²) in [5, 5.41) is 0. The van der Waals surface area contributed by atoms with Gasteiger partial charge in [0.15, 0.2) is 6.10 Å². The number of aryl methyl sites for hydroxylation is 1. The lowest BCUT2D eigenvalue weighted by molar-refractivity contribution is -0.141. The molecule has 2 fully saturated rings. The topological polar surface area (TPSA) is 82.1 Å². The molecule has 2 aliphatic rings. The molecule has 0 bridgehead atoms. The number of Topliss-reactive ketones (excluding diaryl/α,β-unsaturated/α-hetero) is 1. The van der Waals surface area contributed by atoms with E-state index in [-0.39, 0.29) is 12.7 Å². The number of carbonyl (C=O) groups is 3. The third kappa shape index (κ3) is 5.09. The summed E-state index contributed by atoms with van der Waals surface area (Å²) in [6, 6.07) is 14.1. The molecule has 174 valence electrons. The Morgan fingerprint density at radius 3 is 2.55 bits per heavy atom. The number of cyclic esters (lactones) is 1. The van der Waals surface area contributed by atoms with E-state index in [1.54, 1.807) is 18.2 Å². The van der Waals surface area contributed by atoms with Crippen molar-refractivity contribution in [2.75, 3.05) is 13.7 Å². The molecule has 1 saturated heterocycles. The number of rotatable bonds is 8. The molecule has 0 unspecified atom stereocenters. The zero-order valence-electron chi connectivity index (χ0n) is 19.0. The second kappa shape index (κ2) is 10.2.